The standard InChI is InChI=1S/C12H17NO2/c1-10(9-14)8-13-12(15)7-11-5-3-2-4-6-11/h2-6,10,14H,7-9H2,1H3,(H,13,15). The van der Waals surface area contributed by atoms with Crippen molar-refractivity contribution in [1.29, 1.82) is 0 Å². The zero-order valence-electron chi connectivity index (χ0n) is 8.94. The molecule has 0 aromatic heterocycles. The van der Waals surface area contributed by atoms with E-state index in [2.05, 4.69) is 5.32 Å². The molecule has 15 heavy (non-hydrogen) atoms. The van der Waals surface area contributed by atoms with Gasteiger partial charge in [0.15, 0.2) is 0 Å². The minimum absolute atomic E-state index is 0.00139. The summed E-state index contributed by atoms with van der Waals surface area (Å²) in [7, 11) is 0. The molecule has 1 aromatic rings. The lowest BCUT2D eigenvalue weighted by molar-refractivity contribution is -0.120. The minimum Gasteiger partial charge on any atom is -0.396 e. The predicted octanol–water partition coefficient (Wildman–Crippen LogP) is 0.974. The molecule has 1 amide bonds. The first kappa shape index (κ1) is 11.7. The summed E-state index contributed by atoms with van der Waals surface area (Å²) in [6.07, 6.45) is 0.402. The van der Waals surface area contributed by atoms with Crippen molar-refractivity contribution in [3.63, 3.8) is 0 Å². The van der Waals surface area contributed by atoms with Gasteiger partial charge in [0.05, 0.1) is 6.42 Å². The summed E-state index contributed by atoms with van der Waals surface area (Å²) in [4.78, 5) is 11.4. The Balaban J connectivity index is 2.31. The number of benzene rings is 1. The lowest BCUT2D eigenvalue weighted by Crippen LogP contribution is -2.30. The van der Waals surface area contributed by atoms with E-state index in [1.165, 1.54) is 0 Å². The van der Waals surface area contributed by atoms with E-state index in [1.54, 1.807) is 0 Å². The largest absolute Gasteiger partial charge is 0.396 e. The van der Waals surface area contributed by atoms with Gasteiger partial charge in [-0.3, -0.25) is 4.79 Å². The highest BCUT2D eigenvalue weighted by Gasteiger charge is 2.04. The van der Waals surface area contributed by atoms with Crippen molar-refractivity contribution in [1.82, 2.24) is 5.32 Å². The van der Waals surface area contributed by atoms with Crippen LogP contribution in [-0.4, -0.2) is 24.2 Å². The van der Waals surface area contributed by atoms with Crippen LogP contribution in [0.15, 0.2) is 30.3 Å². The molecule has 0 aliphatic heterocycles. The monoisotopic (exact) mass is 207 g/mol. The maximum Gasteiger partial charge on any atom is 0.224 e. The van der Waals surface area contributed by atoms with Crippen molar-refractivity contribution in [2.75, 3.05) is 13.2 Å². The van der Waals surface area contributed by atoms with Gasteiger partial charge in [-0.25, -0.2) is 0 Å². The van der Waals surface area contributed by atoms with Gasteiger partial charge in [0, 0.05) is 13.2 Å². The molecule has 1 aromatic carbocycles. The fourth-order valence-electron chi connectivity index (χ4n) is 1.20. The molecule has 0 aliphatic carbocycles. The average Bonchev–Trinajstić information content (AvgIpc) is 2.27. The molecule has 0 radical (unpaired) electrons. The van der Waals surface area contributed by atoms with Gasteiger partial charge in [-0.1, -0.05) is 37.3 Å². The number of rotatable bonds is 5. The van der Waals surface area contributed by atoms with Crippen molar-refractivity contribution in [2.45, 2.75) is 13.3 Å². The molecule has 1 unspecified atom stereocenters. The summed E-state index contributed by atoms with van der Waals surface area (Å²) in [5, 5.41) is 11.6. The number of carbonyl (C=O) groups is 1. The van der Waals surface area contributed by atoms with Gasteiger partial charge < -0.3 is 10.4 Å². The molecule has 1 atom stereocenters. The van der Waals surface area contributed by atoms with E-state index >= 15 is 0 Å². The smallest absolute Gasteiger partial charge is 0.224 e. The Bertz CT molecular complexity index is 298. The normalized spacial score (nSPS) is 12.1. The third-order valence-electron chi connectivity index (χ3n) is 2.17. The molecule has 0 bridgehead atoms. The second-order valence-electron chi connectivity index (χ2n) is 3.75. The number of aliphatic hydroxyl groups is 1. The Labute approximate surface area is 90.1 Å². The molecule has 0 aliphatic rings. The molecular weight excluding hydrogens is 190 g/mol. The zero-order valence-corrected chi connectivity index (χ0v) is 8.94. The minimum atomic E-state index is 0.00139. The molecule has 3 nitrogen and oxygen atoms in total. The highest BCUT2D eigenvalue weighted by Crippen LogP contribution is 1.99. The topological polar surface area (TPSA) is 49.3 Å². The van der Waals surface area contributed by atoms with Crippen LogP contribution in [0.3, 0.4) is 0 Å². The summed E-state index contributed by atoms with van der Waals surface area (Å²) in [5.41, 5.74) is 1.01. The van der Waals surface area contributed by atoms with Crippen molar-refractivity contribution in [3.05, 3.63) is 35.9 Å². The first-order valence-corrected chi connectivity index (χ1v) is 5.14. The Morgan fingerprint density at radius 3 is 2.67 bits per heavy atom. The summed E-state index contributed by atoms with van der Waals surface area (Å²) >= 11 is 0. The lowest BCUT2D eigenvalue weighted by Gasteiger charge is -2.09. The van der Waals surface area contributed by atoms with Crippen LogP contribution in [0.1, 0.15) is 12.5 Å². The number of aliphatic hydroxyl groups excluding tert-OH is 1. The highest BCUT2D eigenvalue weighted by molar-refractivity contribution is 5.78. The number of nitrogens with one attached hydrogen (secondary N) is 1. The maximum atomic E-state index is 11.4. The Morgan fingerprint density at radius 1 is 1.40 bits per heavy atom. The fraction of sp³-hybridized carbons (Fsp3) is 0.417. The van der Waals surface area contributed by atoms with E-state index in [-0.39, 0.29) is 18.4 Å². The van der Waals surface area contributed by atoms with Gasteiger partial charge in [-0.2, -0.15) is 0 Å². The molecule has 1 rings (SSSR count). The van der Waals surface area contributed by atoms with E-state index in [1.807, 2.05) is 37.3 Å². The molecule has 0 spiro atoms. The van der Waals surface area contributed by atoms with E-state index in [9.17, 15) is 4.79 Å². The number of hydrogen-bond donors (Lipinski definition) is 2. The second kappa shape index (κ2) is 6.19. The van der Waals surface area contributed by atoms with Gasteiger partial charge in [0.2, 0.25) is 5.91 Å². The van der Waals surface area contributed by atoms with Gasteiger partial charge in [0.1, 0.15) is 0 Å². The molecular formula is C12H17NO2. The van der Waals surface area contributed by atoms with Crippen LogP contribution in [0.2, 0.25) is 0 Å². The van der Waals surface area contributed by atoms with Crippen LogP contribution in [-0.2, 0) is 11.2 Å². The van der Waals surface area contributed by atoms with E-state index < -0.39 is 0 Å². The number of hydrogen-bond acceptors (Lipinski definition) is 2. The van der Waals surface area contributed by atoms with Crippen LogP contribution in [0.5, 0.6) is 0 Å². The van der Waals surface area contributed by atoms with Gasteiger partial charge in [0.25, 0.3) is 0 Å². The van der Waals surface area contributed by atoms with Crippen LogP contribution in [0.4, 0.5) is 0 Å². The fourth-order valence-corrected chi connectivity index (χ4v) is 1.20. The number of carbonyl (C=O) groups excluding carboxylic acids is 1. The Kier molecular flexibility index (Phi) is 4.84. The molecule has 0 saturated carbocycles. The van der Waals surface area contributed by atoms with Crippen LogP contribution in [0, 0.1) is 5.92 Å². The molecule has 3 heteroatoms. The zero-order chi connectivity index (χ0) is 11.1. The summed E-state index contributed by atoms with van der Waals surface area (Å²) < 4.78 is 0. The molecule has 0 heterocycles. The third kappa shape index (κ3) is 4.61. The Morgan fingerprint density at radius 2 is 2.07 bits per heavy atom. The predicted molar refractivity (Wildman–Crippen MR) is 59.4 cm³/mol. The highest BCUT2D eigenvalue weighted by atomic mass is 16.3. The van der Waals surface area contributed by atoms with E-state index in [4.69, 9.17) is 5.11 Å². The molecule has 0 saturated heterocycles. The summed E-state index contributed by atoms with van der Waals surface area (Å²) in [6, 6.07) is 9.61. The average molecular weight is 207 g/mol. The lowest BCUT2D eigenvalue weighted by atomic mass is 10.1. The number of amides is 1. The van der Waals surface area contributed by atoms with Crippen LogP contribution >= 0.6 is 0 Å². The van der Waals surface area contributed by atoms with Crippen molar-refractivity contribution in [3.8, 4) is 0 Å². The van der Waals surface area contributed by atoms with Crippen molar-refractivity contribution >= 4 is 5.91 Å². The molecule has 82 valence electrons. The van der Waals surface area contributed by atoms with E-state index in [0.29, 0.717) is 13.0 Å². The molecule has 2 N–H and O–H groups in total. The second-order valence-corrected chi connectivity index (χ2v) is 3.75. The SMILES string of the molecule is CC(CO)CNC(=O)Cc1ccccc1. The van der Waals surface area contributed by atoms with Crippen molar-refractivity contribution < 1.29 is 9.90 Å². The summed E-state index contributed by atoms with van der Waals surface area (Å²) in [5.74, 6) is 0.117. The maximum absolute atomic E-state index is 11.4. The van der Waals surface area contributed by atoms with Gasteiger partial charge in [-0.15, -0.1) is 0 Å². The first-order chi connectivity index (χ1) is 7.22. The van der Waals surface area contributed by atoms with Crippen LogP contribution < -0.4 is 5.32 Å². The van der Waals surface area contributed by atoms with Gasteiger partial charge in [-0.05, 0) is 11.5 Å². The summed E-state index contributed by atoms with van der Waals surface area (Å²) in [6.45, 7) is 2.52. The third-order valence-corrected chi connectivity index (χ3v) is 2.17. The first-order valence-electron chi connectivity index (χ1n) is 5.14. The molecule has 0 fully saturated rings. The van der Waals surface area contributed by atoms with Crippen LogP contribution in [0.25, 0.3) is 0 Å². The quantitative estimate of drug-likeness (QED) is 0.756. The van der Waals surface area contributed by atoms with Gasteiger partial charge >= 0.3 is 0 Å². The Hall–Kier alpha value is -1.35. The van der Waals surface area contributed by atoms with E-state index in [0.717, 1.165) is 5.56 Å². The van der Waals surface area contributed by atoms with Crippen molar-refractivity contribution in [2.24, 2.45) is 5.92 Å².